The van der Waals surface area contributed by atoms with Crippen molar-refractivity contribution in [2.45, 2.75) is 37.3 Å². The lowest BCUT2D eigenvalue weighted by Gasteiger charge is -2.42. The maximum absolute atomic E-state index is 12.1. The van der Waals surface area contributed by atoms with Crippen LogP contribution in [0.4, 0.5) is 0 Å². The highest BCUT2D eigenvalue weighted by atomic mass is 32.1. The van der Waals surface area contributed by atoms with E-state index in [0.717, 1.165) is 32.5 Å². The summed E-state index contributed by atoms with van der Waals surface area (Å²) in [6, 6.07) is 8.39. The van der Waals surface area contributed by atoms with Gasteiger partial charge in [-0.15, -0.1) is 11.3 Å². The molecule has 1 atom stereocenters. The third-order valence-corrected chi connectivity index (χ3v) is 6.10. The summed E-state index contributed by atoms with van der Waals surface area (Å²) in [5.74, 6) is 0.443. The fourth-order valence-electron chi connectivity index (χ4n) is 4.02. The number of rotatable bonds is 3. The van der Waals surface area contributed by atoms with E-state index in [1.54, 1.807) is 6.20 Å². The van der Waals surface area contributed by atoms with Gasteiger partial charge in [-0.3, -0.25) is 14.7 Å². The van der Waals surface area contributed by atoms with E-state index in [-0.39, 0.29) is 17.4 Å². The van der Waals surface area contributed by atoms with Crippen LogP contribution in [0.15, 0.2) is 42.0 Å². The molecule has 4 rings (SSSR count). The van der Waals surface area contributed by atoms with Crippen molar-refractivity contribution in [2.75, 3.05) is 13.1 Å². The van der Waals surface area contributed by atoms with Gasteiger partial charge in [0.15, 0.2) is 0 Å². The number of nitrogens with one attached hydrogen (secondary N) is 1. The summed E-state index contributed by atoms with van der Waals surface area (Å²) in [5.41, 5.74) is 1.11. The average molecular weight is 327 g/mol. The number of carbonyl (C=O) groups is 1. The summed E-state index contributed by atoms with van der Waals surface area (Å²) in [5, 5.41) is 5.44. The summed E-state index contributed by atoms with van der Waals surface area (Å²) in [6.45, 7) is 3.10. The zero-order chi connectivity index (χ0) is 15.7. The summed E-state index contributed by atoms with van der Waals surface area (Å²) in [4.78, 5) is 20.3. The molecule has 4 heterocycles. The van der Waals surface area contributed by atoms with Crippen molar-refractivity contribution in [3.63, 3.8) is 0 Å². The summed E-state index contributed by atoms with van der Waals surface area (Å²) < 4.78 is 0. The van der Waals surface area contributed by atoms with Crippen LogP contribution in [0.1, 0.15) is 35.6 Å². The Labute approximate surface area is 140 Å². The number of nitrogens with zero attached hydrogens (tertiary/aromatic N) is 2. The fraction of sp³-hybridized carbons (Fsp3) is 0.444. The van der Waals surface area contributed by atoms with Gasteiger partial charge in [0.25, 0.3) is 0 Å². The lowest BCUT2D eigenvalue weighted by atomic mass is 9.75. The Bertz CT molecular complexity index is 663. The zero-order valence-electron chi connectivity index (χ0n) is 13.1. The van der Waals surface area contributed by atoms with Crippen LogP contribution in [0.2, 0.25) is 0 Å². The molecule has 23 heavy (non-hydrogen) atoms. The molecule has 0 aromatic carbocycles. The standard InChI is InChI=1S/C18H21N3OS/c22-17-11-16(14-3-1-7-19-12-14)18(20-17)5-8-21(9-6-18)13-15-4-2-10-23-15/h1-4,7,10,12,16H,5-6,8-9,11,13H2,(H,20,22)/t16-/m0/s1. The molecule has 2 aromatic heterocycles. The lowest BCUT2D eigenvalue weighted by molar-refractivity contribution is -0.120. The van der Waals surface area contributed by atoms with E-state index in [2.05, 4.69) is 38.8 Å². The highest BCUT2D eigenvalue weighted by Crippen LogP contribution is 2.43. The first kappa shape index (κ1) is 14.8. The SMILES string of the molecule is O=C1C[C@@H](c2cccnc2)C2(CCN(Cc3cccs3)CC2)N1. The molecular weight excluding hydrogens is 306 g/mol. The number of hydrogen-bond acceptors (Lipinski definition) is 4. The van der Waals surface area contributed by atoms with Crippen molar-refractivity contribution in [1.82, 2.24) is 15.2 Å². The maximum atomic E-state index is 12.1. The van der Waals surface area contributed by atoms with Crippen molar-refractivity contribution < 1.29 is 4.79 Å². The van der Waals surface area contributed by atoms with Crippen molar-refractivity contribution in [3.05, 3.63) is 52.5 Å². The minimum Gasteiger partial charge on any atom is -0.350 e. The Balaban J connectivity index is 1.49. The van der Waals surface area contributed by atoms with Gasteiger partial charge in [0, 0.05) is 54.8 Å². The number of carbonyl (C=O) groups excluding carboxylic acids is 1. The van der Waals surface area contributed by atoms with Gasteiger partial charge in [-0.1, -0.05) is 12.1 Å². The molecule has 2 fully saturated rings. The lowest BCUT2D eigenvalue weighted by Crippen LogP contribution is -2.53. The predicted molar refractivity (Wildman–Crippen MR) is 91.3 cm³/mol. The third kappa shape index (κ3) is 2.91. The van der Waals surface area contributed by atoms with E-state index in [0.29, 0.717) is 6.42 Å². The molecule has 0 bridgehead atoms. The third-order valence-electron chi connectivity index (χ3n) is 5.24. The number of pyridine rings is 1. The second-order valence-electron chi connectivity index (χ2n) is 6.60. The van der Waals surface area contributed by atoms with Gasteiger partial charge >= 0.3 is 0 Å². The van der Waals surface area contributed by atoms with E-state index in [4.69, 9.17) is 0 Å². The molecule has 2 aromatic rings. The van der Waals surface area contributed by atoms with Crippen LogP contribution >= 0.6 is 11.3 Å². The normalized spacial score (nSPS) is 24.0. The molecule has 0 aliphatic carbocycles. The summed E-state index contributed by atoms with van der Waals surface area (Å²) in [6.07, 6.45) is 6.35. The molecule has 2 saturated heterocycles. The quantitative estimate of drug-likeness (QED) is 0.943. The zero-order valence-corrected chi connectivity index (χ0v) is 13.9. The monoisotopic (exact) mass is 327 g/mol. The predicted octanol–water partition coefficient (Wildman–Crippen LogP) is 2.78. The first-order chi connectivity index (χ1) is 11.3. The van der Waals surface area contributed by atoms with E-state index in [1.165, 1.54) is 10.4 Å². The molecule has 1 amide bonds. The van der Waals surface area contributed by atoms with Crippen LogP contribution < -0.4 is 5.32 Å². The van der Waals surface area contributed by atoms with Crippen molar-refractivity contribution in [1.29, 1.82) is 0 Å². The van der Waals surface area contributed by atoms with Gasteiger partial charge in [-0.2, -0.15) is 0 Å². The van der Waals surface area contributed by atoms with E-state index < -0.39 is 0 Å². The topological polar surface area (TPSA) is 45.2 Å². The number of hydrogen-bond donors (Lipinski definition) is 1. The molecule has 5 heteroatoms. The number of likely N-dealkylation sites (tertiary alicyclic amines) is 1. The van der Waals surface area contributed by atoms with Crippen LogP contribution in [-0.2, 0) is 11.3 Å². The second kappa shape index (κ2) is 6.06. The Kier molecular flexibility index (Phi) is 3.91. The number of thiophene rings is 1. The Hall–Kier alpha value is -1.72. The minimum absolute atomic E-state index is 0.0773. The smallest absolute Gasteiger partial charge is 0.221 e. The molecule has 0 saturated carbocycles. The Morgan fingerprint density at radius 1 is 1.30 bits per heavy atom. The second-order valence-corrected chi connectivity index (χ2v) is 7.64. The van der Waals surface area contributed by atoms with Gasteiger partial charge in [0.1, 0.15) is 0 Å². The van der Waals surface area contributed by atoms with Gasteiger partial charge in [0.2, 0.25) is 5.91 Å². The molecule has 120 valence electrons. The van der Waals surface area contributed by atoms with Gasteiger partial charge in [-0.05, 0) is 35.9 Å². The molecular formula is C18H21N3OS. The Morgan fingerprint density at radius 3 is 2.87 bits per heavy atom. The van der Waals surface area contributed by atoms with Crippen molar-refractivity contribution in [2.24, 2.45) is 0 Å². The van der Waals surface area contributed by atoms with E-state index in [1.807, 2.05) is 23.6 Å². The molecule has 4 nitrogen and oxygen atoms in total. The average Bonchev–Trinajstić information content (AvgIpc) is 3.19. The molecule has 0 unspecified atom stereocenters. The maximum Gasteiger partial charge on any atom is 0.221 e. The molecule has 0 radical (unpaired) electrons. The van der Waals surface area contributed by atoms with Crippen LogP contribution in [0.25, 0.3) is 0 Å². The van der Waals surface area contributed by atoms with Crippen molar-refractivity contribution >= 4 is 17.2 Å². The van der Waals surface area contributed by atoms with Crippen LogP contribution in [-0.4, -0.2) is 34.4 Å². The fourth-order valence-corrected chi connectivity index (χ4v) is 4.77. The first-order valence-corrected chi connectivity index (χ1v) is 9.09. The molecule has 2 aliphatic rings. The van der Waals surface area contributed by atoms with E-state index >= 15 is 0 Å². The number of amides is 1. The van der Waals surface area contributed by atoms with Crippen LogP contribution in [0.5, 0.6) is 0 Å². The largest absolute Gasteiger partial charge is 0.350 e. The van der Waals surface area contributed by atoms with Gasteiger partial charge < -0.3 is 5.32 Å². The van der Waals surface area contributed by atoms with Gasteiger partial charge in [-0.25, -0.2) is 0 Å². The van der Waals surface area contributed by atoms with Gasteiger partial charge in [0.05, 0.1) is 0 Å². The Morgan fingerprint density at radius 2 is 2.17 bits per heavy atom. The summed E-state index contributed by atoms with van der Waals surface area (Å²) in [7, 11) is 0. The van der Waals surface area contributed by atoms with Crippen LogP contribution in [0, 0.1) is 0 Å². The van der Waals surface area contributed by atoms with Crippen molar-refractivity contribution in [3.8, 4) is 0 Å². The first-order valence-electron chi connectivity index (χ1n) is 8.21. The number of aromatic nitrogens is 1. The highest BCUT2D eigenvalue weighted by molar-refractivity contribution is 7.09. The number of piperidine rings is 1. The molecule has 1 spiro atoms. The molecule has 1 N–H and O–H groups in total. The van der Waals surface area contributed by atoms with Crippen LogP contribution in [0.3, 0.4) is 0 Å². The summed E-state index contributed by atoms with van der Waals surface area (Å²) >= 11 is 1.82. The molecule has 2 aliphatic heterocycles. The highest BCUT2D eigenvalue weighted by Gasteiger charge is 2.48. The van der Waals surface area contributed by atoms with E-state index in [9.17, 15) is 4.79 Å². The minimum atomic E-state index is -0.0773.